The lowest BCUT2D eigenvalue weighted by molar-refractivity contribution is 0.0368. The summed E-state index contributed by atoms with van der Waals surface area (Å²) in [6, 6.07) is 14.9. The highest BCUT2D eigenvalue weighted by Gasteiger charge is 2.26. The number of amides is 1. The maximum atomic E-state index is 15.0. The molecule has 0 saturated carbocycles. The minimum Gasteiger partial charge on any atom is -0.389 e. The third-order valence-electron chi connectivity index (χ3n) is 5.73. The number of halogens is 2. The SMILES string of the molecule is COC[C@@H](O)[C@@H](Cc1ccccn1)NC(=O)c1cccc(F)c1C1=NCC(c2ccc(F)cc2)=C1. The molecule has 2 N–H and O–H groups in total. The minimum absolute atomic E-state index is 0.00423. The van der Waals surface area contributed by atoms with Crippen LogP contribution in [0.5, 0.6) is 0 Å². The number of aromatic nitrogens is 1. The van der Waals surface area contributed by atoms with Crippen LogP contribution < -0.4 is 5.32 Å². The van der Waals surface area contributed by atoms with Gasteiger partial charge in [0.05, 0.1) is 36.6 Å². The van der Waals surface area contributed by atoms with Gasteiger partial charge in [-0.25, -0.2) is 8.78 Å². The molecule has 6 nitrogen and oxygen atoms in total. The molecule has 35 heavy (non-hydrogen) atoms. The molecular formula is C27H25F2N3O3. The fourth-order valence-electron chi connectivity index (χ4n) is 3.95. The van der Waals surface area contributed by atoms with E-state index < -0.39 is 23.9 Å². The molecule has 0 unspecified atom stereocenters. The Bertz CT molecular complexity index is 1240. The maximum absolute atomic E-state index is 15.0. The van der Waals surface area contributed by atoms with Crippen LogP contribution in [0.2, 0.25) is 0 Å². The Morgan fingerprint density at radius 1 is 1.11 bits per heavy atom. The highest BCUT2D eigenvalue weighted by molar-refractivity contribution is 6.19. The van der Waals surface area contributed by atoms with Crippen LogP contribution in [-0.4, -0.2) is 54.1 Å². The van der Waals surface area contributed by atoms with Crippen LogP contribution in [0.3, 0.4) is 0 Å². The Balaban J connectivity index is 1.60. The average Bonchev–Trinajstić information content (AvgIpc) is 3.34. The lowest BCUT2D eigenvalue weighted by atomic mass is 9.98. The molecule has 8 heteroatoms. The summed E-state index contributed by atoms with van der Waals surface area (Å²) < 4.78 is 33.3. The molecule has 180 valence electrons. The summed E-state index contributed by atoms with van der Waals surface area (Å²) in [5.74, 6) is -1.49. The molecule has 2 atom stereocenters. The molecule has 0 bridgehead atoms. The molecular weight excluding hydrogens is 452 g/mol. The third-order valence-corrected chi connectivity index (χ3v) is 5.73. The monoisotopic (exact) mass is 477 g/mol. The van der Waals surface area contributed by atoms with Gasteiger partial charge in [-0.05, 0) is 53.6 Å². The number of aliphatic imine (C=N–C) groups is 1. The second kappa shape index (κ2) is 11.1. The summed E-state index contributed by atoms with van der Waals surface area (Å²) in [6.45, 7) is 0.287. The van der Waals surface area contributed by atoms with E-state index in [2.05, 4.69) is 15.3 Å². The number of carbonyl (C=O) groups is 1. The molecule has 1 aromatic heterocycles. The first-order valence-electron chi connectivity index (χ1n) is 11.1. The first-order chi connectivity index (χ1) is 17.0. The highest BCUT2D eigenvalue weighted by atomic mass is 19.1. The van der Waals surface area contributed by atoms with E-state index in [1.165, 1.54) is 37.4 Å². The minimum atomic E-state index is -1.00. The molecule has 2 aromatic carbocycles. The van der Waals surface area contributed by atoms with Crippen LogP contribution in [0.4, 0.5) is 8.78 Å². The van der Waals surface area contributed by atoms with Crippen LogP contribution in [-0.2, 0) is 11.2 Å². The number of allylic oxidation sites excluding steroid dienone is 1. The van der Waals surface area contributed by atoms with Crippen molar-refractivity contribution in [2.45, 2.75) is 18.6 Å². The van der Waals surface area contributed by atoms with Crippen LogP contribution in [0, 0.1) is 11.6 Å². The lowest BCUT2D eigenvalue weighted by Gasteiger charge is -2.24. The van der Waals surface area contributed by atoms with Gasteiger partial charge in [0.2, 0.25) is 0 Å². The number of aliphatic hydroxyl groups is 1. The lowest BCUT2D eigenvalue weighted by Crippen LogP contribution is -2.47. The van der Waals surface area contributed by atoms with Crippen LogP contribution in [0.25, 0.3) is 5.57 Å². The number of ether oxygens (including phenoxy) is 1. The van der Waals surface area contributed by atoms with Gasteiger partial charge in [0.1, 0.15) is 11.6 Å². The Hall–Kier alpha value is -3.75. The van der Waals surface area contributed by atoms with Gasteiger partial charge in [0.25, 0.3) is 5.91 Å². The van der Waals surface area contributed by atoms with Crippen molar-refractivity contribution < 1.29 is 23.4 Å². The molecule has 0 fully saturated rings. The number of methoxy groups -OCH3 is 1. The van der Waals surface area contributed by atoms with Crippen molar-refractivity contribution in [1.82, 2.24) is 10.3 Å². The van der Waals surface area contributed by atoms with Gasteiger partial charge in [0, 0.05) is 31.0 Å². The number of hydrogen-bond donors (Lipinski definition) is 2. The van der Waals surface area contributed by atoms with Crippen molar-refractivity contribution in [2.75, 3.05) is 20.3 Å². The van der Waals surface area contributed by atoms with Crippen molar-refractivity contribution in [3.8, 4) is 0 Å². The predicted molar refractivity (Wildman–Crippen MR) is 129 cm³/mol. The van der Waals surface area contributed by atoms with Crippen LogP contribution >= 0.6 is 0 Å². The van der Waals surface area contributed by atoms with E-state index in [9.17, 15) is 18.7 Å². The quantitative estimate of drug-likeness (QED) is 0.493. The van der Waals surface area contributed by atoms with E-state index in [1.54, 1.807) is 36.5 Å². The van der Waals surface area contributed by atoms with Gasteiger partial charge in [-0.3, -0.25) is 14.8 Å². The largest absolute Gasteiger partial charge is 0.389 e. The van der Waals surface area contributed by atoms with Gasteiger partial charge >= 0.3 is 0 Å². The second-order valence-corrected chi connectivity index (χ2v) is 8.17. The second-order valence-electron chi connectivity index (χ2n) is 8.17. The van der Waals surface area contributed by atoms with Crippen molar-refractivity contribution in [3.63, 3.8) is 0 Å². The first kappa shape index (κ1) is 24.4. The highest BCUT2D eigenvalue weighted by Crippen LogP contribution is 2.25. The number of aliphatic hydroxyl groups excluding tert-OH is 1. The standard InChI is InChI=1S/C27H25F2N3O3/c1-35-16-25(33)23(14-20-5-2-3-12-30-20)32-27(34)21-6-4-7-22(29)26(21)24-13-18(15-31-24)17-8-10-19(28)11-9-17/h2-13,23,25,33H,14-16H2,1H3,(H,32,34)/t23-,25-/m1/s1. The summed E-state index contributed by atoms with van der Waals surface area (Å²) in [5, 5.41) is 13.4. The molecule has 3 aromatic rings. The van der Waals surface area contributed by atoms with Crippen molar-refractivity contribution in [2.24, 2.45) is 4.99 Å². The summed E-state index contributed by atoms with van der Waals surface area (Å²) in [7, 11) is 1.46. The molecule has 0 saturated heterocycles. The predicted octanol–water partition coefficient (Wildman–Crippen LogP) is 3.59. The summed E-state index contributed by atoms with van der Waals surface area (Å²) in [6.07, 6.45) is 2.59. The van der Waals surface area contributed by atoms with Crippen LogP contribution in [0.15, 0.2) is 77.9 Å². The number of nitrogens with one attached hydrogen (secondary N) is 1. The zero-order valence-electron chi connectivity index (χ0n) is 19.1. The molecule has 0 aliphatic carbocycles. The maximum Gasteiger partial charge on any atom is 0.252 e. The molecule has 1 aliphatic rings. The van der Waals surface area contributed by atoms with Gasteiger partial charge in [-0.1, -0.05) is 24.3 Å². The summed E-state index contributed by atoms with van der Waals surface area (Å²) >= 11 is 0. The summed E-state index contributed by atoms with van der Waals surface area (Å²) in [5.41, 5.74) is 2.73. The first-order valence-corrected chi connectivity index (χ1v) is 11.1. The van der Waals surface area contributed by atoms with E-state index in [-0.39, 0.29) is 36.5 Å². The Morgan fingerprint density at radius 2 is 1.91 bits per heavy atom. The van der Waals surface area contributed by atoms with E-state index >= 15 is 0 Å². The average molecular weight is 478 g/mol. The van der Waals surface area contributed by atoms with Crippen molar-refractivity contribution in [3.05, 3.63) is 107 Å². The van der Waals surface area contributed by atoms with Gasteiger partial charge in [-0.2, -0.15) is 0 Å². The zero-order valence-corrected chi connectivity index (χ0v) is 19.1. The number of benzene rings is 2. The van der Waals surface area contributed by atoms with Crippen molar-refractivity contribution in [1.29, 1.82) is 0 Å². The number of hydrogen-bond acceptors (Lipinski definition) is 5. The summed E-state index contributed by atoms with van der Waals surface area (Å²) in [4.78, 5) is 22.0. The topological polar surface area (TPSA) is 83.8 Å². The third kappa shape index (κ3) is 5.85. The smallest absolute Gasteiger partial charge is 0.252 e. The van der Waals surface area contributed by atoms with Crippen LogP contribution in [0.1, 0.15) is 27.2 Å². The molecule has 0 radical (unpaired) electrons. The molecule has 0 spiro atoms. The Kier molecular flexibility index (Phi) is 7.74. The molecule has 2 heterocycles. The van der Waals surface area contributed by atoms with Gasteiger partial charge in [0.15, 0.2) is 0 Å². The van der Waals surface area contributed by atoms with Crippen molar-refractivity contribution >= 4 is 17.2 Å². The fraction of sp³-hybridized carbons (Fsp3) is 0.222. The van der Waals surface area contributed by atoms with E-state index in [0.29, 0.717) is 11.4 Å². The zero-order chi connectivity index (χ0) is 24.8. The Labute approximate surface area is 202 Å². The number of nitrogens with zero attached hydrogens (tertiary/aromatic N) is 2. The van der Waals surface area contributed by atoms with Gasteiger partial charge in [-0.15, -0.1) is 0 Å². The number of rotatable bonds is 9. The molecule has 4 rings (SSSR count). The fourth-order valence-corrected chi connectivity index (χ4v) is 3.95. The van der Waals surface area contributed by atoms with E-state index in [1.807, 2.05) is 6.07 Å². The normalized spacial score (nSPS) is 14.7. The van der Waals surface area contributed by atoms with E-state index in [0.717, 1.165) is 11.1 Å². The molecule has 1 aliphatic heterocycles. The van der Waals surface area contributed by atoms with E-state index in [4.69, 9.17) is 4.74 Å². The number of pyridine rings is 1. The Morgan fingerprint density at radius 3 is 2.63 bits per heavy atom. The van der Waals surface area contributed by atoms with Gasteiger partial charge < -0.3 is 15.2 Å². The number of carbonyl (C=O) groups excluding carboxylic acids is 1. The molecule has 1 amide bonds.